The first kappa shape index (κ1) is 24.5. The predicted molar refractivity (Wildman–Crippen MR) is 142 cm³/mol. The molecule has 3 aromatic carbocycles. The van der Waals surface area contributed by atoms with E-state index in [1.807, 2.05) is 18.2 Å². The molecule has 0 saturated heterocycles. The van der Waals surface area contributed by atoms with Gasteiger partial charge in [-0.25, -0.2) is 0 Å². The van der Waals surface area contributed by atoms with Gasteiger partial charge in [0.2, 0.25) is 0 Å². The van der Waals surface area contributed by atoms with Crippen molar-refractivity contribution in [1.82, 2.24) is 0 Å². The number of aliphatic hydroxyl groups excluding tert-OH is 1. The SMILES string of the molecule is C=CCN1C(=O)[C@](O)([C@H](C)/C=C/CCO)c2cc(N3C(=O)c4ccccc4Oc4ccccc43)ccc21. The number of rotatable bonds is 7. The van der Waals surface area contributed by atoms with Crippen LogP contribution in [0.25, 0.3) is 0 Å². The fourth-order valence-electron chi connectivity index (χ4n) is 4.96. The molecule has 2 aliphatic rings. The number of anilines is 3. The lowest BCUT2D eigenvalue weighted by Crippen LogP contribution is -2.44. The topological polar surface area (TPSA) is 90.3 Å². The van der Waals surface area contributed by atoms with Gasteiger partial charge in [0.25, 0.3) is 11.8 Å². The van der Waals surface area contributed by atoms with Gasteiger partial charge in [0.1, 0.15) is 5.75 Å². The highest BCUT2D eigenvalue weighted by Gasteiger charge is 2.52. The third-order valence-electron chi connectivity index (χ3n) is 6.85. The van der Waals surface area contributed by atoms with Crippen molar-refractivity contribution in [2.24, 2.45) is 5.92 Å². The number of para-hydroxylation sites is 3. The predicted octanol–water partition coefficient (Wildman–Crippen LogP) is 5.07. The minimum atomic E-state index is -1.86. The summed E-state index contributed by atoms with van der Waals surface area (Å²) in [5, 5.41) is 21.1. The summed E-state index contributed by atoms with van der Waals surface area (Å²) in [5.74, 6) is -0.368. The molecule has 7 nitrogen and oxygen atoms in total. The Balaban J connectivity index is 1.68. The first-order valence-corrected chi connectivity index (χ1v) is 12.2. The Labute approximate surface area is 215 Å². The third-order valence-corrected chi connectivity index (χ3v) is 6.85. The summed E-state index contributed by atoms with van der Waals surface area (Å²) in [6, 6.07) is 19.5. The summed E-state index contributed by atoms with van der Waals surface area (Å²) in [5.41, 5.74) is 0.556. The molecule has 0 spiro atoms. The quantitative estimate of drug-likeness (QED) is 0.446. The van der Waals surface area contributed by atoms with Crippen molar-refractivity contribution in [3.05, 3.63) is 103 Å². The summed E-state index contributed by atoms with van der Waals surface area (Å²) >= 11 is 0. The van der Waals surface area contributed by atoms with Crippen LogP contribution in [0.3, 0.4) is 0 Å². The molecule has 2 atom stereocenters. The monoisotopic (exact) mass is 496 g/mol. The van der Waals surface area contributed by atoms with Gasteiger partial charge < -0.3 is 19.8 Å². The molecule has 5 rings (SSSR count). The zero-order valence-corrected chi connectivity index (χ0v) is 20.5. The molecule has 3 aromatic rings. The van der Waals surface area contributed by atoms with Gasteiger partial charge in [0.05, 0.1) is 16.9 Å². The van der Waals surface area contributed by atoms with Crippen molar-refractivity contribution >= 4 is 28.9 Å². The van der Waals surface area contributed by atoms with Crippen LogP contribution in [0.5, 0.6) is 11.5 Å². The second-order valence-electron chi connectivity index (χ2n) is 9.11. The highest BCUT2D eigenvalue weighted by atomic mass is 16.5. The molecule has 0 radical (unpaired) electrons. The first-order valence-electron chi connectivity index (χ1n) is 12.2. The molecule has 37 heavy (non-hydrogen) atoms. The molecule has 0 aliphatic carbocycles. The van der Waals surface area contributed by atoms with Crippen LogP contribution in [-0.2, 0) is 10.4 Å². The van der Waals surface area contributed by atoms with E-state index < -0.39 is 17.4 Å². The minimum Gasteiger partial charge on any atom is -0.454 e. The molecule has 0 unspecified atom stereocenters. The molecule has 0 aromatic heterocycles. The summed E-state index contributed by atoms with van der Waals surface area (Å²) in [7, 11) is 0. The van der Waals surface area contributed by atoms with Crippen molar-refractivity contribution in [2.45, 2.75) is 18.9 Å². The number of aliphatic hydroxyl groups is 2. The van der Waals surface area contributed by atoms with Crippen LogP contribution in [0.4, 0.5) is 17.1 Å². The Morgan fingerprint density at radius 1 is 1.03 bits per heavy atom. The summed E-state index contributed by atoms with van der Waals surface area (Å²) in [6.45, 7) is 5.72. The van der Waals surface area contributed by atoms with Crippen molar-refractivity contribution < 1.29 is 24.5 Å². The van der Waals surface area contributed by atoms with Crippen molar-refractivity contribution in [1.29, 1.82) is 0 Å². The van der Waals surface area contributed by atoms with Crippen LogP contribution in [0, 0.1) is 5.92 Å². The standard InChI is InChI=1S/C30H28N2O5/c1-3-17-31-24-16-15-21(19-23(24)30(36,29(31)35)20(2)10-8-9-18-33)32-25-12-5-7-14-27(25)37-26-13-6-4-11-22(26)28(32)34/h3-8,10-16,19-20,33,36H,1,9,17-18H2,2H3/b10-8+/t20-,30+/m1/s1. The van der Waals surface area contributed by atoms with Crippen LogP contribution < -0.4 is 14.5 Å². The van der Waals surface area contributed by atoms with Gasteiger partial charge in [-0.2, -0.15) is 0 Å². The van der Waals surface area contributed by atoms with Gasteiger partial charge in [0, 0.05) is 30.3 Å². The van der Waals surface area contributed by atoms with E-state index in [1.165, 1.54) is 4.90 Å². The Bertz CT molecular complexity index is 1410. The van der Waals surface area contributed by atoms with Crippen LogP contribution in [0.2, 0.25) is 0 Å². The second-order valence-corrected chi connectivity index (χ2v) is 9.11. The molecular weight excluding hydrogens is 468 g/mol. The van der Waals surface area contributed by atoms with E-state index in [2.05, 4.69) is 6.58 Å². The van der Waals surface area contributed by atoms with E-state index in [0.29, 0.717) is 46.1 Å². The molecule has 0 bridgehead atoms. The molecule has 2 aliphatic heterocycles. The molecule has 0 fully saturated rings. The van der Waals surface area contributed by atoms with Gasteiger partial charge in [0.15, 0.2) is 11.4 Å². The van der Waals surface area contributed by atoms with Crippen LogP contribution in [0.1, 0.15) is 29.3 Å². The highest BCUT2D eigenvalue weighted by Crippen LogP contribution is 2.49. The number of nitrogens with zero attached hydrogens (tertiary/aromatic N) is 2. The number of benzene rings is 3. The van der Waals surface area contributed by atoms with Gasteiger partial charge >= 0.3 is 0 Å². The minimum absolute atomic E-state index is 0.0288. The number of carbonyl (C=O) groups is 2. The molecule has 0 saturated carbocycles. The van der Waals surface area contributed by atoms with E-state index in [1.54, 1.807) is 78.6 Å². The number of carbonyl (C=O) groups excluding carboxylic acids is 2. The fourth-order valence-corrected chi connectivity index (χ4v) is 4.96. The van der Waals surface area contributed by atoms with Crippen molar-refractivity contribution in [3.63, 3.8) is 0 Å². The maximum atomic E-state index is 13.9. The lowest BCUT2D eigenvalue weighted by Gasteiger charge is -2.28. The van der Waals surface area contributed by atoms with Gasteiger partial charge in [-0.1, -0.05) is 49.4 Å². The van der Waals surface area contributed by atoms with Gasteiger partial charge in [-0.05, 0) is 48.9 Å². The third kappa shape index (κ3) is 3.93. The number of fused-ring (bicyclic) bond motifs is 3. The maximum Gasteiger partial charge on any atom is 0.266 e. The zero-order valence-electron chi connectivity index (χ0n) is 20.5. The average Bonchev–Trinajstić information content (AvgIpc) is 3.04. The molecule has 2 amide bonds. The summed E-state index contributed by atoms with van der Waals surface area (Å²) in [6.07, 6.45) is 5.50. The van der Waals surface area contributed by atoms with Gasteiger partial charge in [-0.15, -0.1) is 6.58 Å². The normalized spacial score (nSPS) is 19.2. The Morgan fingerprint density at radius 3 is 2.51 bits per heavy atom. The van der Waals surface area contributed by atoms with E-state index in [9.17, 15) is 14.7 Å². The van der Waals surface area contributed by atoms with E-state index >= 15 is 0 Å². The van der Waals surface area contributed by atoms with Crippen molar-refractivity contribution in [2.75, 3.05) is 23.0 Å². The molecule has 2 N–H and O–H groups in total. The second kappa shape index (κ2) is 9.69. The Morgan fingerprint density at radius 2 is 1.76 bits per heavy atom. The number of hydrogen-bond acceptors (Lipinski definition) is 5. The van der Waals surface area contributed by atoms with Crippen LogP contribution in [0.15, 0.2) is 91.5 Å². The van der Waals surface area contributed by atoms with Crippen LogP contribution in [-0.4, -0.2) is 35.2 Å². The van der Waals surface area contributed by atoms with E-state index in [0.717, 1.165) is 0 Å². The number of amides is 2. The smallest absolute Gasteiger partial charge is 0.266 e. The molecular formula is C30H28N2O5. The van der Waals surface area contributed by atoms with E-state index in [4.69, 9.17) is 9.84 Å². The summed E-state index contributed by atoms with van der Waals surface area (Å²) in [4.78, 5) is 30.5. The lowest BCUT2D eigenvalue weighted by molar-refractivity contribution is -0.139. The Hall–Kier alpha value is -4.20. The zero-order chi connectivity index (χ0) is 26.2. The maximum absolute atomic E-state index is 13.9. The largest absolute Gasteiger partial charge is 0.454 e. The van der Waals surface area contributed by atoms with Crippen molar-refractivity contribution in [3.8, 4) is 11.5 Å². The highest BCUT2D eigenvalue weighted by molar-refractivity contribution is 6.15. The molecule has 2 heterocycles. The van der Waals surface area contributed by atoms with Crippen LogP contribution >= 0.6 is 0 Å². The van der Waals surface area contributed by atoms with E-state index in [-0.39, 0.29) is 19.1 Å². The van der Waals surface area contributed by atoms with Gasteiger partial charge in [-0.3, -0.25) is 14.5 Å². The summed E-state index contributed by atoms with van der Waals surface area (Å²) < 4.78 is 6.10. The number of ether oxygens (including phenoxy) is 1. The Kier molecular flexibility index (Phi) is 6.41. The number of hydrogen-bond donors (Lipinski definition) is 2. The fraction of sp³-hybridized carbons (Fsp3) is 0.200. The first-order chi connectivity index (χ1) is 17.9. The average molecular weight is 497 g/mol. The lowest BCUT2D eigenvalue weighted by atomic mass is 9.82. The molecule has 7 heteroatoms. The molecule has 188 valence electrons.